The fourth-order valence-corrected chi connectivity index (χ4v) is 2.28. The van der Waals surface area contributed by atoms with Gasteiger partial charge in [-0.15, -0.1) is 10.2 Å². The van der Waals surface area contributed by atoms with Crippen LogP contribution in [0.25, 0.3) is 5.65 Å². The normalized spacial score (nSPS) is 17.5. The summed E-state index contributed by atoms with van der Waals surface area (Å²) in [6.07, 6.45) is 1.82. The van der Waals surface area contributed by atoms with E-state index in [2.05, 4.69) is 27.6 Å². The van der Waals surface area contributed by atoms with E-state index in [1.807, 2.05) is 22.5 Å². The highest BCUT2D eigenvalue weighted by Gasteiger charge is 2.17. The van der Waals surface area contributed by atoms with Crippen LogP contribution in [0.15, 0.2) is 18.3 Å². The van der Waals surface area contributed by atoms with Gasteiger partial charge >= 0.3 is 0 Å². The van der Waals surface area contributed by atoms with Gasteiger partial charge in [0.2, 0.25) is 0 Å². The molecule has 20 heavy (non-hydrogen) atoms. The van der Waals surface area contributed by atoms with E-state index in [1.165, 1.54) is 0 Å². The lowest BCUT2D eigenvalue weighted by molar-refractivity contribution is 0.0662. The highest BCUT2D eigenvalue weighted by molar-refractivity contribution is 5.94. The van der Waals surface area contributed by atoms with Crippen LogP contribution in [0.4, 0.5) is 0 Å². The number of pyridine rings is 1. The summed E-state index contributed by atoms with van der Waals surface area (Å²) in [5.74, 6) is 0.712. The highest BCUT2D eigenvalue weighted by atomic mass is 16.2. The van der Waals surface area contributed by atoms with Crippen LogP contribution in [0.5, 0.6) is 0 Å². The summed E-state index contributed by atoms with van der Waals surface area (Å²) in [5, 5.41) is 9.98. The Morgan fingerprint density at radius 3 is 2.75 bits per heavy atom. The van der Waals surface area contributed by atoms with Crippen LogP contribution in [-0.4, -0.2) is 63.6 Å². The predicted octanol–water partition coefficient (Wildman–Crippen LogP) is -0.0701. The second kappa shape index (κ2) is 5.18. The molecule has 0 aliphatic carbocycles. The molecule has 0 aromatic carbocycles. The van der Waals surface area contributed by atoms with Gasteiger partial charge in [-0.1, -0.05) is 0 Å². The molecule has 7 heteroatoms. The van der Waals surface area contributed by atoms with Crippen molar-refractivity contribution in [3.63, 3.8) is 0 Å². The molecule has 1 aliphatic heterocycles. The van der Waals surface area contributed by atoms with Crippen LogP contribution in [0.3, 0.4) is 0 Å². The SMILES string of the molecule is Cc1nnc2cc(C(=O)NN3CCN(C)CC3)ccn12. The minimum Gasteiger partial charge on any atom is -0.304 e. The molecule has 1 fully saturated rings. The van der Waals surface area contributed by atoms with E-state index in [9.17, 15) is 4.79 Å². The standard InChI is InChI=1S/C13H18N6O/c1-10-14-15-12-9-11(3-4-19(10)12)13(20)16-18-7-5-17(2)6-8-18/h3-4,9H,5-8H2,1-2H3,(H,16,20). The average Bonchev–Trinajstić information content (AvgIpc) is 2.82. The number of aromatic nitrogens is 3. The number of hydrogen-bond donors (Lipinski definition) is 1. The number of nitrogens with one attached hydrogen (secondary N) is 1. The van der Waals surface area contributed by atoms with Crippen molar-refractivity contribution in [3.8, 4) is 0 Å². The quantitative estimate of drug-likeness (QED) is 0.830. The number of piperazine rings is 1. The largest absolute Gasteiger partial charge is 0.304 e. The molecule has 2 aromatic heterocycles. The zero-order chi connectivity index (χ0) is 14.1. The Morgan fingerprint density at radius 2 is 2.00 bits per heavy atom. The van der Waals surface area contributed by atoms with Crippen LogP contribution in [0.2, 0.25) is 0 Å². The third-order valence-corrected chi connectivity index (χ3v) is 3.61. The van der Waals surface area contributed by atoms with Crippen LogP contribution in [-0.2, 0) is 0 Å². The molecule has 1 saturated heterocycles. The van der Waals surface area contributed by atoms with E-state index in [4.69, 9.17) is 0 Å². The maximum atomic E-state index is 12.2. The number of carbonyl (C=O) groups excluding carboxylic acids is 1. The number of carbonyl (C=O) groups is 1. The fraction of sp³-hybridized carbons (Fsp3) is 0.462. The molecular formula is C13H18N6O. The number of nitrogens with zero attached hydrogens (tertiary/aromatic N) is 5. The number of fused-ring (bicyclic) bond motifs is 1. The monoisotopic (exact) mass is 274 g/mol. The lowest BCUT2D eigenvalue weighted by Gasteiger charge is -2.32. The van der Waals surface area contributed by atoms with Crippen molar-refractivity contribution in [2.45, 2.75) is 6.92 Å². The molecule has 1 N–H and O–H groups in total. The first-order chi connectivity index (χ1) is 9.63. The van der Waals surface area contributed by atoms with Crippen molar-refractivity contribution < 1.29 is 4.79 Å². The minimum atomic E-state index is -0.0993. The molecule has 0 spiro atoms. The van der Waals surface area contributed by atoms with Crippen molar-refractivity contribution in [2.24, 2.45) is 0 Å². The van der Waals surface area contributed by atoms with Gasteiger partial charge in [0.05, 0.1) is 0 Å². The number of likely N-dealkylation sites (N-methyl/N-ethyl adjacent to an activating group) is 1. The molecule has 0 bridgehead atoms. The maximum absolute atomic E-state index is 12.2. The molecule has 3 rings (SSSR count). The van der Waals surface area contributed by atoms with Gasteiger partial charge in [0.25, 0.3) is 5.91 Å². The first-order valence-corrected chi connectivity index (χ1v) is 6.69. The summed E-state index contributed by atoms with van der Waals surface area (Å²) in [7, 11) is 2.08. The summed E-state index contributed by atoms with van der Waals surface area (Å²) in [6, 6.07) is 3.54. The molecule has 1 amide bonds. The maximum Gasteiger partial charge on any atom is 0.265 e. The first-order valence-electron chi connectivity index (χ1n) is 6.69. The smallest absolute Gasteiger partial charge is 0.265 e. The third kappa shape index (κ3) is 2.50. The zero-order valence-corrected chi connectivity index (χ0v) is 11.7. The van der Waals surface area contributed by atoms with Crippen molar-refractivity contribution in [3.05, 3.63) is 29.7 Å². The van der Waals surface area contributed by atoms with Crippen LogP contribution in [0.1, 0.15) is 16.2 Å². The summed E-state index contributed by atoms with van der Waals surface area (Å²) in [4.78, 5) is 14.5. The Labute approximate surface area is 117 Å². The summed E-state index contributed by atoms with van der Waals surface area (Å²) >= 11 is 0. The number of amides is 1. The Morgan fingerprint density at radius 1 is 1.25 bits per heavy atom. The van der Waals surface area contributed by atoms with Crippen LogP contribution in [0, 0.1) is 6.92 Å². The number of aryl methyl sites for hydroxylation is 1. The van der Waals surface area contributed by atoms with E-state index in [0.29, 0.717) is 11.2 Å². The minimum absolute atomic E-state index is 0.0993. The second-order valence-corrected chi connectivity index (χ2v) is 5.12. The second-order valence-electron chi connectivity index (χ2n) is 5.12. The van der Waals surface area contributed by atoms with Crippen molar-refractivity contribution in [1.82, 2.24) is 29.9 Å². The van der Waals surface area contributed by atoms with Gasteiger partial charge in [-0.2, -0.15) is 0 Å². The van der Waals surface area contributed by atoms with Crippen LogP contribution >= 0.6 is 0 Å². The molecule has 106 valence electrons. The van der Waals surface area contributed by atoms with Crippen molar-refractivity contribution in [2.75, 3.05) is 33.2 Å². The van der Waals surface area contributed by atoms with Gasteiger partial charge in [-0.25, -0.2) is 5.01 Å². The lowest BCUT2D eigenvalue weighted by atomic mass is 10.2. The predicted molar refractivity (Wildman–Crippen MR) is 74.3 cm³/mol. The van der Waals surface area contributed by atoms with Gasteiger partial charge in [0.15, 0.2) is 5.65 Å². The molecule has 2 aromatic rings. The molecule has 7 nitrogen and oxygen atoms in total. The highest BCUT2D eigenvalue weighted by Crippen LogP contribution is 2.07. The van der Waals surface area contributed by atoms with E-state index < -0.39 is 0 Å². The number of hydrazine groups is 1. The number of hydrogen-bond acceptors (Lipinski definition) is 5. The topological polar surface area (TPSA) is 65.8 Å². The first kappa shape index (κ1) is 13.0. The van der Waals surface area contributed by atoms with E-state index in [0.717, 1.165) is 32.0 Å². The Bertz CT molecular complexity index is 629. The molecule has 0 saturated carbocycles. The van der Waals surface area contributed by atoms with Gasteiger partial charge in [0, 0.05) is 37.9 Å². The molecule has 0 atom stereocenters. The van der Waals surface area contributed by atoms with E-state index >= 15 is 0 Å². The van der Waals surface area contributed by atoms with Gasteiger partial charge in [-0.3, -0.25) is 14.6 Å². The molecule has 0 unspecified atom stereocenters. The third-order valence-electron chi connectivity index (χ3n) is 3.61. The molecule has 0 radical (unpaired) electrons. The zero-order valence-electron chi connectivity index (χ0n) is 11.7. The van der Waals surface area contributed by atoms with Gasteiger partial charge < -0.3 is 4.90 Å². The summed E-state index contributed by atoms with van der Waals surface area (Å²) < 4.78 is 1.85. The fourth-order valence-electron chi connectivity index (χ4n) is 2.28. The summed E-state index contributed by atoms with van der Waals surface area (Å²) in [5.41, 5.74) is 4.23. The van der Waals surface area contributed by atoms with Gasteiger partial charge in [0.1, 0.15) is 5.82 Å². The Kier molecular flexibility index (Phi) is 3.37. The lowest BCUT2D eigenvalue weighted by Crippen LogP contribution is -2.52. The molecule has 1 aliphatic rings. The van der Waals surface area contributed by atoms with E-state index in [-0.39, 0.29) is 5.91 Å². The van der Waals surface area contributed by atoms with Crippen molar-refractivity contribution >= 4 is 11.6 Å². The summed E-state index contributed by atoms with van der Waals surface area (Å²) in [6.45, 7) is 5.48. The Hall–Kier alpha value is -1.99. The van der Waals surface area contributed by atoms with Crippen LogP contribution < -0.4 is 5.43 Å². The number of rotatable bonds is 2. The molecular weight excluding hydrogens is 256 g/mol. The van der Waals surface area contributed by atoms with Crippen molar-refractivity contribution in [1.29, 1.82) is 0 Å². The Balaban J connectivity index is 1.72. The van der Waals surface area contributed by atoms with E-state index in [1.54, 1.807) is 12.1 Å². The average molecular weight is 274 g/mol. The molecule has 3 heterocycles. The van der Waals surface area contributed by atoms with Gasteiger partial charge in [-0.05, 0) is 26.1 Å².